The number of halogens is 1. The fraction of sp³-hybridized carbons (Fsp3) is 0.417. The number of carbonyl (C=O) groups is 1. The van der Waals surface area contributed by atoms with E-state index in [0.29, 0.717) is 6.54 Å². The summed E-state index contributed by atoms with van der Waals surface area (Å²) in [5.41, 5.74) is -0.0198. The molecule has 1 N–H and O–H groups in total. The Morgan fingerprint density at radius 3 is 2.79 bits per heavy atom. The second kappa shape index (κ2) is 7.93. The number of nitro benzene ring substituents is 1. The van der Waals surface area contributed by atoms with Crippen molar-refractivity contribution in [3.8, 4) is 5.75 Å². The lowest BCUT2D eigenvalue weighted by atomic mass is 10.1. The molecule has 104 valence electrons. The molecular weight excluding hydrogens is 363 g/mol. The van der Waals surface area contributed by atoms with Crippen molar-refractivity contribution in [3.05, 3.63) is 33.9 Å². The van der Waals surface area contributed by atoms with Crippen LogP contribution in [0.4, 0.5) is 5.69 Å². The second-order valence-corrected chi connectivity index (χ2v) is 4.85. The van der Waals surface area contributed by atoms with Crippen molar-refractivity contribution in [1.82, 2.24) is 5.32 Å². The molecular formula is C12H15IN2O4. The van der Waals surface area contributed by atoms with Gasteiger partial charge in [-0.3, -0.25) is 14.9 Å². The fourth-order valence-corrected chi connectivity index (χ4v) is 2.12. The van der Waals surface area contributed by atoms with E-state index in [4.69, 9.17) is 4.74 Å². The van der Waals surface area contributed by atoms with Crippen LogP contribution >= 0.6 is 22.6 Å². The predicted octanol–water partition coefficient (Wildman–Crippen LogP) is 2.55. The first-order chi connectivity index (χ1) is 9.11. The van der Waals surface area contributed by atoms with Crippen LogP contribution in [0.5, 0.6) is 5.75 Å². The topological polar surface area (TPSA) is 81.5 Å². The highest BCUT2D eigenvalue weighted by Crippen LogP contribution is 2.30. The van der Waals surface area contributed by atoms with E-state index >= 15 is 0 Å². The molecule has 0 aliphatic rings. The molecule has 7 heteroatoms. The summed E-state index contributed by atoms with van der Waals surface area (Å²) in [6, 6.07) is 4.30. The van der Waals surface area contributed by atoms with Gasteiger partial charge in [-0.1, -0.05) is 28.7 Å². The van der Waals surface area contributed by atoms with E-state index in [0.717, 1.165) is 17.3 Å². The number of nitrogens with zero attached hydrogens (tertiary/aromatic N) is 1. The lowest BCUT2D eigenvalue weighted by molar-refractivity contribution is -0.385. The highest BCUT2D eigenvalue weighted by molar-refractivity contribution is 14.1. The van der Waals surface area contributed by atoms with Crippen molar-refractivity contribution in [3.63, 3.8) is 0 Å². The largest absolute Gasteiger partial charge is 0.490 e. The van der Waals surface area contributed by atoms with Crippen LogP contribution in [0.2, 0.25) is 0 Å². The van der Waals surface area contributed by atoms with Gasteiger partial charge in [-0.15, -0.1) is 0 Å². The third kappa shape index (κ3) is 4.34. The van der Waals surface area contributed by atoms with E-state index < -0.39 is 4.92 Å². The van der Waals surface area contributed by atoms with Gasteiger partial charge in [0.2, 0.25) is 5.75 Å². The maximum atomic E-state index is 11.9. The van der Waals surface area contributed by atoms with Crippen LogP contribution in [-0.4, -0.2) is 28.9 Å². The number of hydrogen-bond donors (Lipinski definition) is 1. The van der Waals surface area contributed by atoms with Crippen molar-refractivity contribution in [2.45, 2.75) is 12.8 Å². The summed E-state index contributed by atoms with van der Waals surface area (Å²) in [4.78, 5) is 22.2. The van der Waals surface area contributed by atoms with Crippen LogP contribution in [0.3, 0.4) is 0 Å². The van der Waals surface area contributed by atoms with Gasteiger partial charge >= 0.3 is 5.69 Å². The number of nitro groups is 1. The lowest BCUT2D eigenvalue weighted by Gasteiger charge is -2.09. The van der Waals surface area contributed by atoms with E-state index in [-0.39, 0.29) is 22.9 Å². The molecule has 0 atom stereocenters. The molecule has 6 nitrogen and oxygen atoms in total. The minimum absolute atomic E-state index is 0.00103. The molecule has 19 heavy (non-hydrogen) atoms. The Morgan fingerprint density at radius 1 is 1.47 bits per heavy atom. The molecule has 1 aromatic rings. The number of amides is 1. The maximum Gasteiger partial charge on any atom is 0.311 e. The molecule has 0 heterocycles. The third-order valence-corrected chi connectivity index (χ3v) is 3.25. The Labute approximate surface area is 124 Å². The summed E-state index contributed by atoms with van der Waals surface area (Å²) in [6.07, 6.45) is 1.90. The Bertz CT molecular complexity index is 465. The van der Waals surface area contributed by atoms with Crippen molar-refractivity contribution >= 4 is 34.2 Å². The number of unbranched alkanes of at least 4 members (excludes halogenated alkanes) is 1. The number of ether oxygens (including phenoxy) is 1. The number of alkyl halides is 1. The number of para-hydroxylation sites is 1. The molecule has 0 aromatic heterocycles. The van der Waals surface area contributed by atoms with Gasteiger partial charge in [0.05, 0.1) is 17.6 Å². The molecule has 0 bridgehead atoms. The van der Waals surface area contributed by atoms with Crippen molar-refractivity contribution in [2.75, 3.05) is 18.1 Å². The molecule has 0 aliphatic carbocycles. The number of hydrogen-bond acceptors (Lipinski definition) is 4. The summed E-state index contributed by atoms with van der Waals surface area (Å²) >= 11 is 2.27. The van der Waals surface area contributed by atoms with Gasteiger partial charge < -0.3 is 10.1 Å². The summed E-state index contributed by atoms with van der Waals surface area (Å²) in [7, 11) is 1.31. The smallest absolute Gasteiger partial charge is 0.311 e. The van der Waals surface area contributed by atoms with Gasteiger partial charge in [0, 0.05) is 12.6 Å². The first kappa shape index (κ1) is 15.7. The van der Waals surface area contributed by atoms with E-state index in [1.807, 2.05) is 0 Å². The van der Waals surface area contributed by atoms with Gasteiger partial charge in [0.15, 0.2) is 0 Å². The molecule has 0 unspecified atom stereocenters. The number of benzene rings is 1. The monoisotopic (exact) mass is 378 g/mol. The molecule has 1 rings (SSSR count). The van der Waals surface area contributed by atoms with Gasteiger partial charge in [0.1, 0.15) is 0 Å². The molecule has 0 fully saturated rings. The lowest BCUT2D eigenvalue weighted by Crippen LogP contribution is -2.25. The standard InChI is InChI=1S/C12H15IN2O4/c1-19-11-9(5-4-6-10(11)15(17)18)12(16)14-8-3-2-7-13/h4-6H,2-3,7-8H2,1H3,(H,14,16). The third-order valence-electron chi connectivity index (χ3n) is 2.49. The Morgan fingerprint density at radius 2 is 2.21 bits per heavy atom. The molecule has 0 aliphatic heterocycles. The van der Waals surface area contributed by atoms with E-state index in [9.17, 15) is 14.9 Å². The SMILES string of the molecule is COc1c(C(=O)NCCCCI)cccc1[N+](=O)[O-]. The molecule has 0 saturated heterocycles. The minimum atomic E-state index is -0.564. The number of methoxy groups -OCH3 is 1. The summed E-state index contributed by atoms with van der Waals surface area (Å²) in [6.45, 7) is 0.549. The molecule has 0 spiro atoms. The van der Waals surface area contributed by atoms with Crippen molar-refractivity contribution < 1.29 is 14.5 Å². The van der Waals surface area contributed by atoms with Gasteiger partial charge in [-0.05, 0) is 23.3 Å². The van der Waals surface area contributed by atoms with Gasteiger partial charge in [-0.25, -0.2) is 0 Å². The molecule has 1 aromatic carbocycles. The van der Waals surface area contributed by atoms with Gasteiger partial charge in [0.25, 0.3) is 5.91 Å². The fourth-order valence-electron chi connectivity index (χ4n) is 1.58. The highest BCUT2D eigenvalue weighted by atomic mass is 127. The summed E-state index contributed by atoms with van der Waals surface area (Å²) in [5.74, 6) is -0.354. The molecule has 1 amide bonds. The minimum Gasteiger partial charge on any atom is -0.490 e. The van der Waals surface area contributed by atoms with Crippen LogP contribution in [0, 0.1) is 10.1 Å². The number of rotatable bonds is 7. The first-order valence-electron chi connectivity index (χ1n) is 5.77. The quantitative estimate of drug-likeness (QED) is 0.260. The van der Waals surface area contributed by atoms with Gasteiger partial charge in [-0.2, -0.15) is 0 Å². The Hall–Kier alpha value is -1.38. The average molecular weight is 378 g/mol. The highest BCUT2D eigenvalue weighted by Gasteiger charge is 2.21. The zero-order valence-corrected chi connectivity index (χ0v) is 12.7. The van der Waals surface area contributed by atoms with Crippen LogP contribution in [-0.2, 0) is 0 Å². The first-order valence-corrected chi connectivity index (χ1v) is 7.30. The predicted molar refractivity (Wildman–Crippen MR) is 80.1 cm³/mol. The Kier molecular flexibility index (Phi) is 6.54. The zero-order valence-electron chi connectivity index (χ0n) is 10.5. The molecule has 0 saturated carbocycles. The number of nitrogens with one attached hydrogen (secondary N) is 1. The van der Waals surface area contributed by atoms with E-state index in [1.54, 1.807) is 0 Å². The second-order valence-electron chi connectivity index (χ2n) is 3.77. The molecule has 0 radical (unpaired) electrons. The van der Waals surface area contributed by atoms with Crippen molar-refractivity contribution in [1.29, 1.82) is 0 Å². The van der Waals surface area contributed by atoms with Crippen LogP contribution < -0.4 is 10.1 Å². The Balaban J connectivity index is 2.84. The van der Waals surface area contributed by atoms with Crippen molar-refractivity contribution in [2.24, 2.45) is 0 Å². The normalized spacial score (nSPS) is 10.0. The summed E-state index contributed by atoms with van der Waals surface area (Å²) < 4.78 is 6.02. The van der Waals surface area contributed by atoms with Crippen LogP contribution in [0.15, 0.2) is 18.2 Å². The van der Waals surface area contributed by atoms with Crippen LogP contribution in [0.1, 0.15) is 23.2 Å². The number of carbonyl (C=O) groups excluding carboxylic acids is 1. The van der Waals surface area contributed by atoms with E-state index in [2.05, 4.69) is 27.9 Å². The van der Waals surface area contributed by atoms with E-state index in [1.165, 1.54) is 25.3 Å². The zero-order chi connectivity index (χ0) is 14.3. The van der Waals surface area contributed by atoms with Crippen LogP contribution in [0.25, 0.3) is 0 Å². The maximum absolute atomic E-state index is 11.9. The average Bonchev–Trinajstić information content (AvgIpc) is 2.42. The summed E-state index contributed by atoms with van der Waals surface area (Å²) in [5, 5.41) is 13.6.